The Morgan fingerprint density at radius 2 is 1.94 bits per heavy atom. The van der Waals surface area contributed by atoms with Crippen molar-refractivity contribution in [2.75, 3.05) is 0 Å². The Bertz CT molecular complexity index is 634. The largest absolute Gasteiger partial charge is 0.265 e. The molecule has 3 aromatic heterocycles. The summed E-state index contributed by atoms with van der Waals surface area (Å²) in [5.74, 6) is 0. The van der Waals surface area contributed by atoms with Crippen LogP contribution in [0.15, 0.2) is 36.9 Å². The van der Waals surface area contributed by atoms with Crippen molar-refractivity contribution in [1.29, 1.82) is 0 Å². The molecule has 0 saturated carbocycles. The van der Waals surface area contributed by atoms with Gasteiger partial charge in [0.05, 0.1) is 17.3 Å². The molecule has 3 aromatic rings. The molecule has 0 unspecified atom stereocenters. The minimum absolute atomic E-state index is 0.211. The number of hydrogen-bond donors (Lipinski definition) is 0. The second kappa shape index (κ2) is 3.53. The normalized spacial score (nSPS) is 10.8. The molecule has 0 aliphatic rings. The third-order valence-corrected chi connectivity index (χ3v) is 2.37. The Balaban J connectivity index is 2.29. The molecule has 3 heterocycles. The number of halogens is 1. The van der Waals surface area contributed by atoms with E-state index in [1.807, 2.05) is 12.1 Å². The van der Waals surface area contributed by atoms with Gasteiger partial charge in [0.25, 0.3) is 0 Å². The summed E-state index contributed by atoms with van der Waals surface area (Å²) in [5, 5.41) is 5.29. The van der Waals surface area contributed by atoms with Crippen LogP contribution < -0.4 is 0 Å². The van der Waals surface area contributed by atoms with E-state index >= 15 is 0 Å². The highest BCUT2D eigenvalue weighted by molar-refractivity contribution is 6.28. The first kappa shape index (κ1) is 9.23. The minimum atomic E-state index is 0.211. The van der Waals surface area contributed by atoms with Crippen molar-refractivity contribution in [3.05, 3.63) is 42.2 Å². The second-order valence-electron chi connectivity index (χ2n) is 3.18. The fourth-order valence-electron chi connectivity index (χ4n) is 1.47. The maximum atomic E-state index is 5.76. The van der Waals surface area contributed by atoms with Crippen LogP contribution in [0.2, 0.25) is 5.28 Å². The summed E-state index contributed by atoms with van der Waals surface area (Å²) in [5.41, 5.74) is 1.57. The molecule has 0 aromatic carbocycles. The third-order valence-electron chi connectivity index (χ3n) is 2.19. The zero-order valence-corrected chi connectivity index (χ0v) is 8.83. The van der Waals surface area contributed by atoms with E-state index in [9.17, 15) is 0 Å². The maximum absolute atomic E-state index is 5.76. The van der Waals surface area contributed by atoms with E-state index in [2.05, 4.69) is 20.1 Å². The molecule has 78 valence electrons. The van der Waals surface area contributed by atoms with Gasteiger partial charge in [0.1, 0.15) is 0 Å². The van der Waals surface area contributed by atoms with Crippen molar-refractivity contribution in [3.8, 4) is 5.69 Å². The molecule has 0 radical (unpaired) electrons. The fourth-order valence-corrected chi connectivity index (χ4v) is 1.60. The number of aromatic nitrogens is 5. The van der Waals surface area contributed by atoms with Crippen LogP contribution in [0.5, 0.6) is 0 Å². The van der Waals surface area contributed by atoms with E-state index in [0.29, 0.717) is 5.65 Å². The van der Waals surface area contributed by atoms with Crippen LogP contribution in [0.25, 0.3) is 16.7 Å². The quantitative estimate of drug-likeness (QED) is 0.600. The smallest absolute Gasteiger partial charge is 0.224 e. The lowest BCUT2D eigenvalue weighted by Crippen LogP contribution is -1.97. The highest BCUT2D eigenvalue weighted by Crippen LogP contribution is 2.16. The summed E-state index contributed by atoms with van der Waals surface area (Å²) in [6, 6.07) is 3.70. The van der Waals surface area contributed by atoms with Crippen molar-refractivity contribution >= 4 is 22.6 Å². The van der Waals surface area contributed by atoms with Gasteiger partial charge in [-0.2, -0.15) is 10.1 Å². The van der Waals surface area contributed by atoms with Crippen molar-refractivity contribution in [1.82, 2.24) is 24.7 Å². The third kappa shape index (κ3) is 1.42. The van der Waals surface area contributed by atoms with Gasteiger partial charge >= 0.3 is 0 Å². The standard InChI is InChI=1S/C10H6ClN5/c11-10-13-5-7-6-14-16(9(7)15-10)8-1-3-12-4-2-8/h1-6H. The Morgan fingerprint density at radius 3 is 2.75 bits per heavy atom. The van der Waals surface area contributed by atoms with Gasteiger partial charge in [-0.1, -0.05) is 0 Å². The van der Waals surface area contributed by atoms with Crippen molar-refractivity contribution in [3.63, 3.8) is 0 Å². The Kier molecular flexibility index (Phi) is 2.04. The molecule has 0 amide bonds. The Labute approximate surface area is 95.7 Å². The van der Waals surface area contributed by atoms with Crippen molar-refractivity contribution in [2.24, 2.45) is 0 Å². The van der Waals surface area contributed by atoms with Crippen LogP contribution in [0.3, 0.4) is 0 Å². The Morgan fingerprint density at radius 1 is 1.12 bits per heavy atom. The lowest BCUT2D eigenvalue weighted by molar-refractivity contribution is 0.892. The topological polar surface area (TPSA) is 56.5 Å². The van der Waals surface area contributed by atoms with Crippen LogP contribution in [0.1, 0.15) is 0 Å². The summed E-state index contributed by atoms with van der Waals surface area (Å²) < 4.78 is 1.70. The van der Waals surface area contributed by atoms with Crippen LogP contribution >= 0.6 is 11.6 Å². The van der Waals surface area contributed by atoms with Gasteiger partial charge in [-0.05, 0) is 23.7 Å². The summed E-state index contributed by atoms with van der Waals surface area (Å²) in [7, 11) is 0. The van der Waals surface area contributed by atoms with Crippen molar-refractivity contribution in [2.45, 2.75) is 0 Å². The van der Waals surface area contributed by atoms with E-state index in [0.717, 1.165) is 11.1 Å². The molecule has 0 fully saturated rings. The Hall–Kier alpha value is -2.01. The van der Waals surface area contributed by atoms with E-state index in [4.69, 9.17) is 11.6 Å². The molecule has 0 spiro atoms. The molecule has 0 bridgehead atoms. The average Bonchev–Trinajstić information content (AvgIpc) is 2.73. The molecule has 0 atom stereocenters. The van der Waals surface area contributed by atoms with Gasteiger partial charge in [-0.3, -0.25) is 4.98 Å². The zero-order valence-electron chi connectivity index (χ0n) is 8.08. The summed E-state index contributed by atoms with van der Waals surface area (Å²) >= 11 is 5.76. The minimum Gasteiger partial charge on any atom is -0.265 e. The lowest BCUT2D eigenvalue weighted by Gasteiger charge is -2.01. The van der Waals surface area contributed by atoms with Crippen LogP contribution in [-0.4, -0.2) is 24.7 Å². The predicted octanol–water partition coefficient (Wildman–Crippen LogP) is 1.86. The van der Waals surface area contributed by atoms with E-state index in [1.165, 1.54) is 0 Å². The molecule has 16 heavy (non-hydrogen) atoms. The first-order valence-electron chi connectivity index (χ1n) is 4.61. The van der Waals surface area contributed by atoms with Crippen LogP contribution in [0.4, 0.5) is 0 Å². The highest BCUT2D eigenvalue weighted by Gasteiger charge is 2.06. The molecule has 6 heteroatoms. The van der Waals surface area contributed by atoms with E-state index < -0.39 is 0 Å². The average molecular weight is 232 g/mol. The highest BCUT2D eigenvalue weighted by atomic mass is 35.5. The molecule has 0 aliphatic heterocycles. The van der Waals surface area contributed by atoms with Gasteiger partial charge < -0.3 is 0 Å². The van der Waals surface area contributed by atoms with Gasteiger partial charge in [0, 0.05) is 18.6 Å². The summed E-state index contributed by atoms with van der Waals surface area (Å²) in [6.07, 6.45) is 6.75. The second-order valence-corrected chi connectivity index (χ2v) is 3.52. The van der Waals surface area contributed by atoms with Gasteiger partial charge in [-0.15, -0.1) is 0 Å². The molecular formula is C10H6ClN5. The van der Waals surface area contributed by atoms with E-state index in [1.54, 1.807) is 29.5 Å². The number of rotatable bonds is 1. The maximum Gasteiger partial charge on any atom is 0.224 e. The van der Waals surface area contributed by atoms with Gasteiger partial charge in [0.15, 0.2) is 5.65 Å². The predicted molar refractivity (Wildman–Crippen MR) is 59.5 cm³/mol. The molecule has 3 rings (SSSR count). The molecule has 0 N–H and O–H groups in total. The molecule has 0 aliphatic carbocycles. The number of hydrogen-bond acceptors (Lipinski definition) is 4. The SMILES string of the molecule is Clc1ncc2cnn(-c3ccncc3)c2n1. The summed E-state index contributed by atoms with van der Waals surface area (Å²) in [6.45, 7) is 0. The summed E-state index contributed by atoms with van der Waals surface area (Å²) in [4.78, 5) is 12.0. The monoisotopic (exact) mass is 231 g/mol. The molecular weight excluding hydrogens is 226 g/mol. The van der Waals surface area contributed by atoms with Crippen LogP contribution in [-0.2, 0) is 0 Å². The number of pyridine rings is 1. The van der Waals surface area contributed by atoms with E-state index in [-0.39, 0.29) is 5.28 Å². The molecule has 5 nitrogen and oxygen atoms in total. The lowest BCUT2D eigenvalue weighted by atomic mass is 10.4. The van der Waals surface area contributed by atoms with Gasteiger partial charge in [-0.25, -0.2) is 9.67 Å². The first-order valence-corrected chi connectivity index (χ1v) is 4.99. The van der Waals surface area contributed by atoms with Crippen LogP contribution in [0, 0.1) is 0 Å². The molecule has 0 saturated heterocycles. The van der Waals surface area contributed by atoms with Gasteiger partial charge in [0.2, 0.25) is 5.28 Å². The van der Waals surface area contributed by atoms with Crippen molar-refractivity contribution < 1.29 is 0 Å². The fraction of sp³-hybridized carbons (Fsp3) is 0. The zero-order chi connectivity index (χ0) is 11.0. The number of fused-ring (bicyclic) bond motifs is 1. The first-order chi connectivity index (χ1) is 7.84. The number of nitrogens with zero attached hydrogens (tertiary/aromatic N) is 5.